The maximum absolute atomic E-state index is 3.99. The number of nitrogens with zero attached hydrogens (tertiary/aromatic N) is 2. The highest BCUT2D eigenvalue weighted by Crippen LogP contribution is 2.29. The van der Waals surface area contributed by atoms with E-state index < -0.39 is 0 Å². The molecular formula is C11H19N3. The minimum absolute atomic E-state index is 0.589. The SMILES string of the molecule is CC(C)NC1CCC2C=NN=CC2C1. The highest BCUT2D eigenvalue weighted by Gasteiger charge is 2.29. The molecule has 0 aromatic rings. The van der Waals surface area contributed by atoms with Crippen LogP contribution in [0.3, 0.4) is 0 Å². The van der Waals surface area contributed by atoms with Crippen LogP contribution in [0.15, 0.2) is 10.2 Å². The van der Waals surface area contributed by atoms with E-state index in [1.54, 1.807) is 0 Å². The molecule has 0 radical (unpaired) electrons. The summed E-state index contributed by atoms with van der Waals surface area (Å²) >= 11 is 0. The molecule has 0 aromatic carbocycles. The molecule has 0 bridgehead atoms. The Labute approximate surface area is 85.7 Å². The summed E-state index contributed by atoms with van der Waals surface area (Å²) in [5, 5.41) is 11.6. The zero-order valence-electron chi connectivity index (χ0n) is 8.98. The first-order valence-electron chi connectivity index (χ1n) is 5.58. The molecule has 0 aromatic heterocycles. The lowest BCUT2D eigenvalue weighted by Gasteiger charge is -2.34. The number of hydrogen-bond acceptors (Lipinski definition) is 3. The third-order valence-corrected chi connectivity index (χ3v) is 3.11. The van der Waals surface area contributed by atoms with Gasteiger partial charge in [0.05, 0.1) is 0 Å². The zero-order chi connectivity index (χ0) is 9.97. The summed E-state index contributed by atoms with van der Waals surface area (Å²) in [5.74, 6) is 1.27. The van der Waals surface area contributed by atoms with Crippen molar-refractivity contribution in [2.45, 2.75) is 45.2 Å². The first-order valence-corrected chi connectivity index (χ1v) is 5.58. The van der Waals surface area contributed by atoms with Crippen LogP contribution in [0, 0.1) is 11.8 Å². The smallest absolute Gasteiger partial charge is 0.0308 e. The van der Waals surface area contributed by atoms with E-state index >= 15 is 0 Å². The average molecular weight is 193 g/mol. The number of nitrogens with one attached hydrogen (secondary N) is 1. The molecule has 1 fully saturated rings. The highest BCUT2D eigenvalue weighted by atomic mass is 15.2. The molecule has 1 heterocycles. The molecule has 3 unspecified atom stereocenters. The Hall–Kier alpha value is -0.700. The molecule has 3 atom stereocenters. The second-order valence-corrected chi connectivity index (χ2v) is 4.69. The second kappa shape index (κ2) is 4.22. The Morgan fingerprint density at radius 2 is 1.86 bits per heavy atom. The van der Waals surface area contributed by atoms with Crippen LogP contribution in [-0.2, 0) is 0 Å². The standard InChI is InChI=1S/C11H19N3/c1-8(2)14-11-4-3-9-6-12-13-7-10(9)5-11/h6-11,14H,3-5H2,1-2H3. The fourth-order valence-electron chi connectivity index (χ4n) is 2.46. The quantitative estimate of drug-likeness (QED) is 0.713. The van der Waals surface area contributed by atoms with E-state index in [2.05, 4.69) is 29.4 Å². The van der Waals surface area contributed by atoms with Crippen LogP contribution in [-0.4, -0.2) is 24.5 Å². The first kappa shape index (κ1) is 9.84. The van der Waals surface area contributed by atoms with Gasteiger partial charge < -0.3 is 5.32 Å². The van der Waals surface area contributed by atoms with Gasteiger partial charge in [0.2, 0.25) is 0 Å². The number of hydrogen-bond donors (Lipinski definition) is 1. The molecule has 0 saturated heterocycles. The van der Waals surface area contributed by atoms with Crippen LogP contribution >= 0.6 is 0 Å². The van der Waals surface area contributed by atoms with Crippen molar-refractivity contribution in [2.75, 3.05) is 0 Å². The summed E-state index contributed by atoms with van der Waals surface area (Å²) < 4.78 is 0. The lowest BCUT2D eigenvalue weighted by molar-refractivity contribution is 0.288. The van der Waals surface area contributed by atoms with Crippen molar-refractivity contribution < 1.29 is 0 Å². The van der Waals surface area contributed by atoms with Crippen molar-refractivity contribution in [3.63, 3.8) is 0 Å². The molecule has 3 nitrogen and oxygen atoms in total. The largest absolute Gasteiger partial charge is 0.312 e. The van der Waals surface area contributed by atoms with E-state index in [4.69, 9.17) is 0 Å². The maximum Gasteiger partial charge on any atom is 0.0308 e. The first-order chi connectivity index (χ1) is 6.75. The van der Waals surface area contributed by atoms with Gasteiger partial charge >= 0.3 is 0 Å². The third-order valence-electron chi connectivity index (χ3n) is 3.11. The van der Waals surface area contributed by atoms with Gasteiger partial charge in [0.1, 0.15) is 0 Å². The van der Waals surface area contributed by atoms with E-state index in [1.807, 2.05) is 12.4 Å². The van der Waals surface area contributed by atoms with Gasteiger partial charge in [0, 0.05) is 36.3 Å². The maximum atomic E-state index is 3.99. The average Bonchev–Trinajstić information content (AvgIpc) is 2.17. The molecule has 2 aliphatic rings. The lowest BCUT2D eigenvalue weighted by Crippen LogP contribution is -2.42. The Kier molecular flexibility index (Phi) is 2.96. The minimum Gasteiger partial charge on any atom is -0.312 e. The van der Waals surface area contributed by atoms with E-state index in [0.717, 1.165) is 0 Å². The molecule has 1 saturated carbocycles. The fraction of sp³-hybridized carbons (Fsp3) is 0.818. The van der Waals surface area contributed by atoms with Crippen LogP contribution in [0.2, 0.25) is 0 Å². The molecule has 1 aliphatic heterocycles. The van der Waals surface area contributed by atoms with Gasteiger partial charge in [-0.25, -0.2) is 0 Å². The predicted octanol–water partition coefficient (Wildman–Crippen LogP) is 1.84. The summed E-state index contributed by atoms with van der Waals surface area (Å²) in [5.41, 5.74) is 0. The highest BCUT2D eigenvalue weighted by molar-refractivity contribution is 5.74. The monoisotopic (exact) mass is 193 g/mol. The van der Waals surface area contributed by atoms with E-state index in [9.17, 15) is 0 Å². The molecular weight excluding hydrogens is 174 g/mol. The van der Waals surface area contributed by atoms with E-state index in [0.29, 0.717) is 23.9 Å². The minimum atomic E-state index is 0.589. The van der Waals surface area contributed by atoms with Gasteiger partial charge in [-0.3, -0.25) is 0 Å². The predicted molar refractivity (Wildman–Crippen MR) is 59.9 cm³/mol. The zero-order valence-corrected chi connectivity index (χ0v) is 8.98. The molecule has 78 valence electrons. The summed E-state index contributed by atoms with van der Waals surface area (Å²) in [7, 11) is 0. The molecule has 3 heteroatoms. The van der Waals surface area contributed by atoms with Crippen LogP contribution in [0.25, 0.3) is 0 Å². The third kappa shape index (κ3) is 2.21. The van der Waals surface area contributed by atoms with E-state index in [1.165, 1.54) is 19.3 Å². The van der Waals surface area contributed by atoms with Gasteiger partial charge in [0.25, 0.3) is 0 Å². The summed E-state index contributed by atoms with van der Waals surface area (Å²) in [6.07, 6.45) is 7.80. The van der Waals surface area contributed by atoms with Crippen molar-refractivity contribution in [1.29, 1.82) is 0 Å². The number of fused-ring (bicyclic) bond motifs is 1. The molecule has 0 amide bonds. The van der Waals surface area contributed by atoms with Crippen molar-refractivity contribution >= 4 is 12.4 Å². The summed E-state index contributed by atoms with van der Waals surface area (Å²) in [6, 6.07) is 1.26. The van der Waals surface area contributed by atoms with Gasteiger partial charge in [-0.05, 0) is 19.3 Å². The van der Waals surface area contributed by atoms with Crippen LogP contribution in [0.4, 0.5) is 0 Å². The summed E-state index contributed by atoms with van der Waals surface area (Å²) in [6.45, 7) is 4.42. The molecule has 0 spiro atoms. The number of rotatable bonds is 2. The fourth-order valence-corrected chi connectivity index (χ4v) is 2.46. The molecule has 1 aliphatic carbocycles. The molecule has 1 N–H and O–H groups in total. The lowest BCUT2D eigenvalue weighted by atomic mass is 9.77. The van der Waals surface area contributed by atoms with Gasteiger partial charge in [-0.2, -0.15) is 10.2 Å². The van der Waals surface area contributed by atoms with Crippen molar-refractivity contribution in [2.24, 2.45) is 22.0 Å². The second-order valence-electron chi connectivity index (χ2n) is 4.69. The van der Waals surface area contributed by atoms with Crippen molar-refractivity contribution in [3.05, 3.63) is 0 Å². The van der Waals surface area contributed by atoms with Crippen molar-refractivity contribution in [3.8, 4) is 0 Å². The molecule has 2 rings (SSSR count). The normalized spacial score (nSPS) is 36.1. The van der Waals surface area contributed by atoms with Crippen LogP contribution < -0.4 is 5.32 Å². The van der Waals surface area contributed by atoms with Gasteiger partial charge in [0.15, 0.2) is 0 Å². The summed E-state index contributed by atoms with van der Waals surface area (Å²) in [4.78, 5) is 0. The van der Waals surface area contributed by atoms with Gasteiger partial charge in [-0.15, -0.1) is 0 Å². The molecule has 14 heavy (non-hydrogen) atoms. The topological polar surface area (TPSA) is 36.8 Å². The Morgan fingerprint density at radius 3 is 2.57 bits per heavy atom. The van der Waals surface area contributed by atoms with Crippen LogP contribution in [0.5, 0.6) is 0 Å². The Balaban J connectivity index is 1.90. The Bertz CT molecular complexity index is 245. The Morgan fingerprint density at radius 1 is 1.14 bits per heavy atom. The van der Waals surface area contributed by atoms with Crippen LogP contribution in [0.1, 0.15) is 33.1 Å². The van der Waals surface area contributed by atoms with E-state index in [-0.39, 0.29) is 0 Å². The van der Waals surface area contributed by atoms with Crippen molar-refractivity contribution in [1.82, 2.24) is 5.32 Å². The van der Waals surface area contributed by atoms with Gasteiger partial charge in [-0.1, -0.05) is 13.8 Å².